The third kappa shape index (κ3) is 63.6. The molecule has 0 spiro atoms. The zero-order chi connectivity index (χ0) is 55.7. The number of carbonyl (C=O) groups excluding carboxylic acids is 3. The van der Waals surface area contributed by atoms with Gasteiger partial charge >= 0.3 is 17.9 Å². The number of unbranched alkanes of at least 4 members (excludes halogenated alkanes) is 38. The predicted molar refractivity (Wildman–Crippen MR) is 335 cm³/mol. The van der Waals surface area contributed by atoms with Crippen LogP contribution in [0.15, 0.2) is 72.9 Å². The van der Waals surface area contributed by atoms with Crippen LogP contribution in [0.1, 0.15) is 342 Å². The summed E-state index contributed by atoms with van der Waals surface area (Å²) in [7, 11) is 0. The van der Waals surface area contributed by atoms with Crippen molar-refractivity contribution < 1.29 is 28.6 Å². The van der Waals surface area contributed by atoms with Gasteiger partial charge in [0.05, 0.1) is 0 Å². The average molecular weight is 1080 g/mol. The van der Waals surface area contributed by atoms with Crippen LogP contribution >= 0.6 is 0 Å². The molecule has 0 heterocycles. The Labute approximate surface area is 478 Å². The highest BCUT2D eigenvalue weighted by Crippen LogP contribution is 2.17. The molecule has 6 nitrogen and oxygen atoms in total. The van der Waals surface area contributed by atoms with Crippen molar-refractivity contribution in [3.8, 4) is 0 Å². The maximum atomic E-state index is 12.9. The summed E-state index contributed by atoms with van der Waals surface area (Å²) in [4.78, 5) is 38.4. The lowest BCUT2D eigenvalue weighted by atomic mass is 10.0. The minimum Gasteiger partial charge on any atom is -0.462 e. The third-order valence-corrected chi connectivity index (χ3v) is 14.7. The number of ether oxygens (including phenoxy) is 3. The third-order valence-electron chi connectivity index (χ3n) is 14.7. The van der Waals surface area contributed by atoms with Gasteiger partial charge in [0.25, 0.3) is 0 Å². The maximum absolute atomic E-state index is 12.9. The monoisotopic (exact) mass is 1070 g/mol. The Morgan fingerprint density at radius 1 is 0.273 bits per heavy atom. The Balaban J connectivity index is 4.32. The van der Waals surface area contributed by atoms with E-state index in [2.05, 4.69) is 93.7 Å². The van der Waals surface area contributed by atoms with Crippen molar-refractivity contribution >= 4 is 17.9 Å². The number of hydrogen-bond donors (Lipinski definition) is 0. The van der Waals surface area contributed by atoms with E-state index in [9.17, 15) is 14.4 Å². The van der Waals surface area contributed by atoms with E-state index in [-0.39, 0.29) is 31.1 Å². The van der Waals surface area contributed by atoms with Crippen molar-refractivity contribution in [1.29, 1.82) is 0 Å². The molecule has 0 radical (unpaired) electrons. The van der Waals surface area contributed by atoms with Crippen LogP contribution in [0.4, 0.5) is 0 Å². The number of allylic oxidation sites excluding steroid dienone is 12. The van der Waals surface area contributed by atoms with E-state index in [1.807, 2.05) is 0 Å². The lowest BCUT2D eigenvalue weighted by molar-refractivity contribution is -0.167. The second kappa shape index (κ2) is 65.4. The zero-order valence-corrected chi connectivity index (χ0v) is 51.2. The molecule has 0 aromatic carbocycles. The van der Waals surface area contributed by atoms with Gasteiger partial charge in [0.15, 0.2) is 6.10 Å². The molecule has 0 aliphatic carbocycles. The van der Waals surface area contributed by atoms with Gasteiger partial charge in [-0.15, -0.1) is 0 Å². The maximum Gasteiger partial charge on any atom is 0.306 e. The van der Waals surface area contributed by atoms with E-state index in [0.717, 1.165) is 96.3 Å². The molecule has 0 amide bonds. The molecule has 0 fully saturated rings. The second-order valence-electron chi connectivity index (χ2n) is 22.4. The Morgan fingerprint density at radius 3 is 0.805 bits per heavy atom. The summed E-state index contributed by atoms with van der Waals surface area (Å²) in [5, 5.41) is 0. The van der Waals surface area contributed by atoms with Gasteiger partial charge < -0.3 is 14.2 Å². The Bertz CT molecular complexity index is 1420. The zero-order valence-electron chi connectivity index (χ0n) is 51.2. The van der Waals surface area contributed by atoms with Gasteiger partial charge in [-0.3, -0.25) is 14.4 Å². The summed E-state index contributed by atoms with van der Waals surface area (Å²) in [6.07, 6.45) is 84.8. The van der Waals surface area contributed by atoms with Crippen LogP contribution in [0, 0.1) is 0 Å². The standard InChI is InChI=1S/C71H126O6/c1-4-7-10-13-16-19-22-25-27-29-31-33-35-37-39-41-43-46-49-52-55-58-61-64-70(73)76-67-68(66-75-69(72)63-60-57-54-51-48-45-24-21-18-15-12-9-6-3)77-71(74)65-62-59-56-53-50-47-44-42-40-38-36-34-32-30-28-26-23-20-17-14-11-8-5-2/h7,10,16,19,25,27,30-33,37,39,68H,4-6,8-9,11-15,17-18,20-24,26,28-29,34-36,38,40-67H2,1-3H3/b10-7-,19-16-,27-25-,32-30-,33-31-,39-37-. The molecule has 6 heteroatoms. The van der Waals surface area contributed by atoms with Crippen LogP contribution in [-0.4, -0.2) is 37.2 Å². The molecular weight excluding hydrogens is 949 g/mol. The van der Waals surface area contributed by atoms with Crippen LogP contribution in [0.25, 0.3) is 0 Å². The SMILES string of the molecule is CC/C=C\C/C=C\C/C=C\C/C=C\C/C=C\CCCCCCCCCC(=O)OCC(COC(=O)CCCCCCCCCCCCCCC)OC(=O)CCCCCCCCCCCCC/C=C\CCCCCCCCCC. The van der Waals surface area contributed by atoms with E-state index in [1.165, 1.54) is 205 Å². The summed E-state index contributed by atoms with van der Waals surface area (Å²) in [6.45, 7) is 6.56. The quantitative estimate of drug-likeness (QED) is 0.0261. The van der Waals surface area contributed by atoms with Crippen molar-refractivity contribution in [2.24, 2.45) is 0 Å². The number of rotatable bonds is 61. The summed E-state index contributed by atoms with van der Waals surface area (Å²) < 4.78 is 17.0. The molecule has 77 heavy (non-hydrogen) atoms. The van der Waals surface area contributed by atoms with E-state index in [0.29, 0.717) is 19.3 Å². The molecular formula is C71H126O6. The first-order valence-corrected chi connectivity index (χ1v) is 33.4. The molecule has 0 saturated carbocycles. The van der Waals surface area contributed by atoms with Crippen molar-refractivity contribution in [2.75, 3.05) is 13.2 Å². The summed E-state index contributed by atoms with van der Waals surface area (Å²) >= 11 is 0. The summed E-state index contributed by atoms with van der Waals surface area (Å²) in [5.41, 5.74) is 0. The van der Waals surface area contributed by atoms with Crippen LogP contribution in [0.3, 0.4) is 0 Å². The first-order chi connectivity index (χ1) is 38.0. The minimum atomic E-state index is -0.780. The van der Waals surface area contributed by atoms with Crippen LogP contribution in [0.5, 0.6) is 0 Å². The molecule has 446 valence electrons. The Morgan fingerprint density at radius 2 is 0.506 bits per heavy atom. The number of carbonyl (C=O) groups is 3. The fourth-order valence-corrected chi connectivity index (χ4v) is 9.70. The lowest BCUT2D eigenvalue weighted by Crippen LogP contribution is -2.30. The Hall–Kier alpha value is -3.15. The van der Waals surface area contributed by atoms with E-state index >= 15 is 0 Å². The van der Waals surface area contributed by atoms with Gasteiger partial charge in [-0.1, -0.05) is 306 Å². The predicted octanol–water partition coefficient (Wildman–Crippen LogP) is 22.9. The summed E-state index contributed by atoms with van der Waals surface area (Å²) in [5.74, 6) is -0.869. The highest BCUT2D eigenvalue weighted by Gasteiger charge is 2.19. The molecule has 0 aromatic rings. The second-order valence-corrected chi connectivity index (χ2v) is 22.4. The lowest BCUT2D eigenvalue weighted by Gasteiger charge is -2.18. The van der Waals surface area contributed by atoms with E-state index < -0.39 is 6.10 Å². The molecule has 0 aliphatic heterocycles. The fourth-order valence-electron chi connectivity index (χ4n) is 9.70. The van der Waals surface area contributed by atoms with Crippen molar-refractivity contribution in [3.05, 3.63) is 72.9 Å². The van der Waals surface area contributed by atoms with E-state index in [1.54, 1.807) is 0 Å². The smallest absolute Gasteiger partial charge is 0.306 e. The van der Waals surface area contributed by atoms with Crippen LogP contribution in [-0.2, 0) is 28.6 Å². The number of esters is 3. The van der Waals surface area contributed by atoms with E-state index in [4.69, 9.17) is 14.2 Å². The minimum absolute atomic E-state index is 0.0756. The normalized spacial score (nSPS) is 12.5. The molecule has 0 bridgehead atoms. The highest BCUT2D eigenvalue weighted by atomic mass is 16.6. The molecule has 1 unspecified atom stereocenters. The van der Waals surface area contributed by atoms with Gasteiger partial charge in [-0.2, -0.15) is 0 Å². The topological polar surface area (TPSA) is 78.9 Å². The van der Waals surface area contributed by atoms with Gasteiger partial charge in [0, 0.05) is 19.3 Å². The van der Waals surface area contributed by atoms with Crippen LogP contribution in [0.2, 0.25) is 0 Å². The van der Waals surface area contributed by atoms with Gasteiger partial charge in [0.2, 0.25) is 0 Å². The van der Waals surface area contributed by atoms with Crippen molar-refractivity contribution in [1.82, 2.24) is 0 Å². The first-order valence-electron chi connectivity index (χ1n) is 33.4. The van der Waals surface area contributed by atoms with Gasteiger partial charge in [-0.25, -0.2) is 0 Å². The van der Waals surface area contributed by atoms with Crippen molar-refractivity contribution in [2.45, 2.75) is 348 Å². The average Bonchev–Trinajstić information content (AvgIpc) is 3.43. The van der Waals surface area contributed by atoms with Crippen LogP contribution < -0.4 is 0 Å². The van der Waals surface area contributed by atoms with Crippen molar-refractivity contribution in [3.63, 3.8) is 0 Å². The number of hydrogen-bond acceptors (Lipinski definition) is 6. The molecule has 0 N–H and O–H groups in total. The van der Waals surface area contributed by atoms with Gasteiger partial charge in [-0.05, 0) is 89.9 Å². The highest BCUT2D eigenvalue weighted by molar-refractivity contribution is 5.71. The molecule has 0 aliphatic rings. The summed E-state index contributed by atoms with van der Waals surface area (Å²) in [6, 6.07) is 0. The largest absolute Gasteiger partial charge is 0.462 e. The molecule has 0 saturated heterocycles. The first kappa shape index (κ1) is 73.8. The molecule has 0 rings (SSSR count). The fraction of sp³-hybridized carbons (Fsp3) is 0.789. The Kier molecular flexibility index (Phi) is 62.7. The van der Waals surface area contributed by atoms with Gasteiger partial charge in [0.1, 0.15) is 13.2 Å². The molecule has 0 aromatic heterocycles. The molecule has 1 atom stereocenters.